The predicted octanol–water partition coefficient (Wildman–Crippen LogP) is 3.64. The molecule has 0 unspecified atom stereocenters. The number of carbonyl (C=O) groups is 3. The summed E-state index contributed by atoms with van der Waals surface area (Å²) >= 11 is 0. The summed E-state index contributed by atoms with van der Waals surface area (Å²) in [7, 11) is 0. The molecule has 136 valence electrons. The van der Waals surface area contributed by atoms with Crippen molar-refractivity contribution in [1.82, 2.24) is 0 Å². The van der Waals surface area contributed by atoms with Gasteiger partial charge in [0.25, 0.3) is 0 Å². The molecule has 2 rings (SSSR count). The van der Waals surface area contributed by atoms with E-state index in [0.717, 1.165) is 5.56 Å². The van der Waals surface area contributed by atoms with Crippen LogP contribution in [0, 0.1) is 5.41 Å². The molecule has 1 amide bonds. The summed E-state index contributed by atoms with van der Waals surface area (Å²) in [4.78, 5) is 36.5. The number of esters is 1. The van der Waals surface area contributed by atoms with E-state index < -0.39 is 11.4 Å². The van der Waals surface area contributed by atoms with E-state index in [-0.39, 0.29) is 30.3 Å². The van der Waals surface area contributed by atoms with Crippen LogP contribution in [0.4, 0.5) is 5.69 Å². The molecule has 0 aliphatic heterocycles. The molecule has 0 fully saturated rings. The number of para-hydroxylation sites is 1. The lowest BCUT2D eigenvalue weighted by molar-refractivity contribution is -0.129. The van der Waals surface area contributed by atoms with Crippen LogP contribution in [0.25, 0.3) is 0 Å². The first-order valence-corrected chi connectivity index (χ1v) is 8.40. The Hall–Kier alpha value is -2.95. The van der Waals surface area contributed by atoms with Crippen molar-refractivity contribution in [3.05, 3.63) is 65.7 Å². The van der Waals surface area contributed by atoms with E-state index in [9.17, 15) is 14.4 Å². The van der Waals surface area contributed by atoms with Crippen molar-refractivity contribution in [2.45, 2.75) is 27.2 Å². The van der Waals surface area contributed by atoms with Gasteiger partial charge in [-0.25, -0.2) is 4.79 Å². The fourth-order valence-corrected chi connectivity index (χ4v) is 2.17. The number of ketones is 1. The molecule has 0 spiro atoms. The largest absolute Gasteiger partial charge is 0.454 e. The van der Waals surface area contributed by atoms with Crippen LogP contribution in [0.3, 0.4) is 0 Å². The van der Waals surface area contributed by atoms with Crippen LogP contribution >= 0.6 is 0 Å². The second-order valence-electron chi connectivity index (χ2n) is 7.01. The molecule has 1 N–H and O–H groups in total. The van der Waals surface area contributed by atoms with Gasteiger partial charge in [0.05, 0.1) is 17.7 Å². The van der Waals surface area contributed by atoms with E-state index in [1.54, 1.807) is 45.0 Å². The van der Waals surface area contributed by atoms with Crippen LogP contribution in [0.15, 0.2) is 54.6 Å². The topological polar surface area (TPSA) is 72.5 Å². The number of benzene rings is 2. The zero-order valence-electron chi connectivity index (χ0n) is 15.2. The van der Waals surface area contributed by atoms with Crippen molar-refractivity contribution in [2.24, 2.45) is 5.41 Å². The molecule has 0 aliphatic carbocycles. The zero-order chi connectivity index (χ0) is 19.2. The number of ether oxygens (including phenoxy) is 1. The van der Waals surface area contributed by atoms with Crippen molar-refractivity contribution in [3.8, 4) is 0 Å². The van der Waals surface area contributed by atoms with Gasteiger partial charge >= 0.3 is 5.97 Å². The van der Waals surface area contributed by atoms with Crippen molar-refractivity contribution in [2.75, 3.05) is 11.9 Å². The average Bonchev–Trinajstić information content (AvgIpc) is 2.59. The van der Waals surface area contributed by atoms with Gasteiger partial charge in [-0.1, -0.05) is 63.2 Å². The average molecular weight is 353 g/mol. The minimum Gasteiger partial charge on any atom is -0.454 e. The summed E-state index contributed by atoms with van der Waals surface area (Å²) in [5.74, 6) is -1.04. The van der Waals surface area contributed by atoms with Gasteiger partial charge in [-0.05, 0) is 17.7 Å². The lowest BCUT2D eigenvalue weighted by Gasteiger charge is -2.16. The molecule has 2 aromatic carbocycles. The highest BCUT2D eigenvalue weighted by Crippen LogP contribution is 2.18. The molecule has 2 aromatic rings. The van der Waals surface area contributed by atoms with Crippen LogP contribution in [0.1, 0.15) is 36.7 Å². The maximum atomic E-state index is 12.3. The van der Waals surface area contributed by atoms with Crippen molar-refractivity contribution >= 4 is 23.3 Å². The van der Waals surface area contributed by atoms with E-state index in [0.29, 0.717) is 5.69 Å². The molecule has 0 bridgehead atoms. The second kappa shape index (κ2) is 8.43. The number of carbonyl (C=O) groups excluding carboxylic acids is 3. The zero-order valence-corrected chi connectivity index (χ0v) is 15.2. The second-order valence-corrected chi connectivity index (χ2v) is 7.01. The highest BCUT2D eigenvalue weighted by molar-refractivity contribution is 6.02. The monoisotopic (exact) mass is 353 g/mol. The minimum atomic E-state index is -0.641. The maximum absolute atomic E-state index is 12.3. The normalized spacial score (nSPS) is 10.9. The van der Waals surface area contributed by atoms with Gasteiger partial charge < -0.3 is 10.1 Å². The first-order valence-electron chi connectivity index (χ1n) is 8.40. The Balaban J connectivity index is 2.03. The maximum Gasteiger partial charge on any atom is 0.340 e. The Morgan fingerprint density at radius 2 is 1.54 bits per heavy atom. The Morgan fingerprint density at radius 3 is 2.19 bits per heavy atom. The molecular formula is C21H23NO4. The van der Waals surface area contributed by atoms with Gasteiger partial charge in [0.15, 0.2) is 12.4 Å². The fraction of sp³-hybridized carbons (Fsp3) is 0.286. The molecule has 0 saturated heterocycles. The number of hydrogen-bond donors (Lipinski definition) is 1. The number of Topliss-reactive ketones (excluding diaryl/α,β-unsaturated/α-hetero) is 1. The summed E-state index contributed by atoms with van der Waals surface area (Å²) < 4.78 is 5.12. The van der Waals surface area contributed by atoms with Crippen LogP contribution in [0.2, 0.25) is 0 Å². The molecular weight excluding hydrogens is 330 g/mol. The van der Waals surface area contributed by atoms with E-state index in [1.807, 2.05) is 30.3 Å². The highest BCUT2D eigenvalue weighted by Gasteiger charge is 2.23. The number of amides is 1. The predicted molar refractivity (Wildman–Crippen MR) is 100.0 cm³/mol. The SMILES string of the molecule is CC(C)(C)C(=O)COC(=O)c1ccccc1NC(=O)Cc1ccccc1. The van der Waals surface area contributed by atoms with Crippen molar-refractivity contribution in [3.63, 3.8) is 0 Å². The first kappa shape index (κ1) is 19.4. The van der Waals surface area contributed by atoms with Gasteiger partial charge in [0.1, 0.15) is 0 Å². The molecule has 0 saturated carbocycles. The summed E-state index contributed by atoms with van der Waals surface area (Å²) in [6, 6.07) is 15.9. The van der Waals surface area contributed by atoms with Crippen LogP contribution in [0.5, 0.6) is 0 Å². The Kier molecular flexibility index (Phi) is 6.28. The van der Waals surface area contributed by atoms with E-state index >= 15 is 0 Å². The molecule has 26 heavy (non-hydrogen) atoms. The Labute approximate surface area is 153 Å². The summed E-state index contributed by atoms with van der Waals surface area (Å²) in [6.45, 7) is 5.00. The van der Waals surface area contributed by atoms with Crippen molar-refractivity contribution in [1.29, 1.82) is 0 Å². The first-order chi connectivity index (χ1) is 12.3. The Bertz CT molecular complexity index is 791. The lowest BCUT2D eigenvalue weighted by atomic mass is 9.91. The van der Waals surface area contributed by atoms with Crippen LogP contribution in [-0.2, 0) is 20.7 Å². The third kappa shape index (κ3) is 5.55. The van der Waals surface area contributed by atoms with E-state index in [1.165, 1.54) is 0 Å². The van der Waals surface area contributed by atoms with Crippen LogP contribution < -0.4 is 5.32 Å². The van der Waals surface area contributed by atoms with Gasteiger partial charge in [-0.2, -0.15) is 0 Å². The summed E-state index contributed by atoms with van der Waals surface area (Å²) in [5, 5.41) is 2.73. The van der Waals surface area contributed by atoms with Gasteiger partial charge in [-0.15, -0.1) is 0 Å². The van der Waals surface area contributed by atoms with E-state index in [2.05, 4.69) is 5.32 Å². The van der Waals surface area contributed by atoms with Crippen LogP contribution in [-0.4, -0.2) is 24.3 Å². The molecule has 0 atom stereocenters. The lowest BCUT2D eigenvalue weighted by Crippen LogP contribution is -2.26. The number of anilines is 1. The van der Waals surface area contributed by atoms with Gasteiger partial charge in [-0.3, -0.25) is 9.59 Å². The smallest absolute Gasteiger partial charge is 0.340 e. The molecule has 0 aliphatic rings. The highest BCUT2D eigenvalue weighted by atomic mass is 16.5. The van der Waals surface area contributed by atoms with E-state index in [4.69, 9.17) is 4.74 Å². The molecule has 0 heterocycles. The van der Waals surface area contributed by atoms with Gasteiger partial charge in [0, 0.05) is 5.41 Å². The molecule has 0 aromatic heterocycles. The summed E-state index contributed by atoms with van der Waals surface area (Å²) in [6.07, 6.45) is 0.201. The minimum absolute atomic E-state index is 0.170. The third-order valence-corrected chi connectivity index (χ3v) is 3.80. The fourth-order valence-electron chi connectivity index (χ4n) is 2.17. The molecule has 5 nitrogen and oxygen atoms in total. The summed E-state index contributed by atoms with van der Waals surface area (Å²) in [5.41, 5.74) is 0.877. The molecule has 5 heteroatoms. The number of nitrogens with one attached hydrogen (secondary N) is 1. The standard InChI is InChI=1S/C21H23NO4/c1-21(2,3)18(23)14-26-20(25)16-11-7-8-12-17(16)22-19(24)13-15-9-5-4-6-10-15/h4-12H,13-14H2,1-3H3,(H,22,24). The quantitative estimate of drug-likeness (QED) is 0.805. The van der Waals surface area contributed by atoms with Gasteiger partial charge in [0.2, 0.25) is 5.91 Å². The Morgan fingerprint density at radius 1 is 0.923 bits per heavy atom. The van der Waals surface area contributed by atoms with Crippen molar-refractivity contribution < 1.29 is 19.1 Å². The number of rotatable bonds is 6. The third-order valence-electron chi connectivity index (χ3n) is 3.80. The number of hydrogen-bond acceptors (Lipinski definition) is 4. The molecule has 0 radical (unpaired) electrons.